The predicted octanol–water partition coefficient (Wildman–Crippen LogP) is 4.12. The minimum absolute atomic E-state index is 0.402. The Morgan fingerprint density at radius 1 is 0.870 bits per heavy atom. The summed E-state index contributed by atoms with van der Waals surface area (Å²) in [5.41, 5.74) is 0.171. The maximum Gasteiger partial charge on any atom is 0.344 e. The fourth-order valence-corrected chi connectivity index (χ4v) is 3.01. The Morgan fingerprint density at radius 3 is 2.48 bits per heavy atom. The lowest BCUT2D eigenvalue weighted by molar-refractivity contribution is 0.397. The molecule has 0 amide bonds. The van der Waals surface area contributed by atoms with Gasteiger partial charge in [0.05, 0.1) is 19.6 Å². The van der Waals surface area contributed by atoms with E-state index in [1.54, 1.807) is 26.4 Å². The van der Waals surface area contributed by atoms with Crippen LogP contribution in [0.5, 0.6) is 11.5 Å². The van der Waals surface area contributed by atoms with E-state index in [-0.39, 0.29) is 0 Å². The number of fused-ring (bicyclic) bond motifs is 5. The Kier molecular flexibility index (Phi) is 2.98. The highest BCUT2D eigenvalue weighted by Crippen LogP contribution is 2.36. The zero-order valence-corrected chi connectivity index (χ0v) is 12.8. The van der Waals surface area contributed by atoms with Crippen molar-refractivity contribution < 1.29 is 13.9 Å². The van der Waals surface area contributed by atoms with E-state index in [9.17, 15) is 4.79 Å². The van der Waals surface area contributed by atoms with Crippen LogP contribution in [0.1, 0.15) is 0 Å². The van der Waals surface area contributed by atoms with E-state index in [0.29, 0.717) is 22.5 Å². The van der Waals surface area contributed by atoms with E-state index in [0.717, 1.165) is 21.5 Å². The lowest BCUT2D eigenvalue weighted by Crippen LogP contribution is -2.02. The molecule has 1 heterocycles. The summed E-state index contributed by atoms with van der Waals surface area (Å²) in [7, 11) is 3.13. The maximum atomic E-state index is 12.5. The SMILES string of the molecule is COc1cc(OC)c2c(c1)c(=O)oc1c3ccccc3ccc12. The van der Waals surface area contributed by atoms with Crippen LogP contribution in [0.3, 0.4) is 0 Å². The summed E-state index contributed by atoms with van der Waals surface area (Å²) < 4.78 is 16.3. The molecule has 0 aliphatic rings. The molecule has 0 saturated carbocycles. The molecule has 0 atom stereocenters. The highest BCUT2D eigenvalue weighted by molar-refractivity contribution is 6.15. The number of hydrogen-bond acceptors (Lipinski definition) is 4. The van der Waals surface area contributed by atoms with Crippen LogP contribution in [0.4, 0.5) is 0 Å². The zero-order valence-electron chi connectivity index (χ0n) is 12.8. The van der Waals surface area contributed by atoms with Crippen LogP contribution in [0.15, 0.2) is 57.7 Å². The second kappa shape index (κ2) is 5.02. The van der Waals surface area contributed by atoms with Crippen molar-refractivity contribution in [2.24, 2.45) is 0 Å². The van der Waals surface area contributed by atoms with Crippen LogP contribution in [-0.4, -0.2) is 14.2 Å². The normalized spacial score (nSPS) is 11.2. The molecule has 4 rings (SSSR count). The summed E-state index contributed by atoms with van der Waals surface area (Å²) in [5.74, 6) is 1.15. The molecule has 114 valence electrons. The van der Waals surface area contributed by atoms with Gasteiger partial charge in [0, 0.05) is 22.2 Å². The van der Waals surface area contributed by atoms with Crippen molar-refractivity contribution in [1.82, 2.24) is 0 Å². The summed E-state index contributed by atoms with van der Waals surface area (Å²) in [4.78, 5) is 12.5. The van der Waals surface area contributed by atoms with Crippen molar-refractivity contribution in [1.29, 1.82) is 0 Å². The Balaban J connectivity index is 2.29. The van der Waals surface area contributed by atoms with Gasteiger partial charge in [-0.3, -0.25) is 0 Å². The summed E-state index contributed by atoms with van der Waals surface area (Å²) in [6.45, 7) is 0. The second-order valence-corrected chi connectivity index (χ2v) is 5.31. The molecule has 0 saturated heterocycles. The van der Waals surface area contributed by atoms with Crippen molar-refractivity contribution in [3.63, 3.8) is 0 Å². The number of methoxy groups -OCH3 is 2. The average molecular weight is 306 g/mol. The molecule has 4 heteroatoms. The average Bonchev–Trinajstić information content (AvgIpc) is 2.60. The third-order valence-electron chi connectivity index (χ3n) is 4.09. The van der Waals surface area contributed by atoms with Gasteiger partial charge in [-0.05, 0) is 17.5 Å². The molecule has 0 N–H and O–H groups in total. The fraction of sp³-hybridized carbons (Fsp3) is 0.105. The maximum absolute atomic E-state index is 12.5. The van der Waals surface area contributed by atoms with Gasteiger partial charge >= 0.3 is 5.63 Å². The van der Waals surface area contributed by atoms with Gasteiger partial charge < -0.3 is 13.9 Å². The molecule has 4 aromatic rings. The van der Waals surface area contributed by atoms with E-state index in [1.165, 1.54) is 0 Å². The van der Waals surface area contributed by atoms with Crippen LogP contribution in [0.25, 0.3) is 32.5 Å². The van der Waals surface area contributed by atoms with Crippen molar-refractivity contribution in [3.8, 4) is 11.5 Å². The Morgan fingerprint density at radius 2 is 1.70 bits per heavy atom. The zero-order chi connectivity index (χ0) is 16.0. The van der Waals surface area contributed by atoms with Crippen LogP contribution >= 0.6 is 0 Å². The molecule has 0 unspecified atom stereocenters. The lowest BCUT2D eigenvalue weighted by Gasteiger charge is -2.11. The number of hydrogen-bond donors (Lipinski definition) is 0. The lowest BCUT2D eigenvalue weighted by atomic mass is 10.0. The monoisotopic (exact) mass is 306 g/mol. The number of benzene rings is 3. The molecular formula is C19H14O4. The largest absolute Gasteiger partial charge is 0.497 e. The molecule has 3 aromatic carbocycles. The molecule has 23 heavy (non-hydrogen) atoms. The minimum atomic E-state index is -0.402. The Bertz CT molecular complexity index is 1110. The minimum Gasteiger partial charge on any atom is -0.497 e. The van der Waals surface area contributed by atoms with Crippen LogP contribution < -0.4 is 15.1 Å². The van der Waals surface area contributed by atoms with Gasteiger partial charge in [-0.15, -0.1) is 0 Å². The standard InChI is InChI=1S/C19H14O4/c1-21-12-9-15-17(16(10-12)22-2)14-8-7-11-5-3-4-6-13(11)18(14)23-19(15)20/h3-10H,1-2H3. The molecule has 1 aromatic heterocycles. The first kappa shape index (κ1) is 13.6. The molecule has 4 nitrogen and oxygen atoms in total. The number of ether oxygens (including phenoxy) is 2. The van der Waals surface area contributed by atoms with Gasteiger partial charge in [0.2, 0.25) is 0 Å². The third-order valence-corrected chi connectivity index (χ3v) is 4.09. The van der Waals surface area contributed by atoms with E-state index in [1.807, 2.05) is 36.4 Å². The smallest absolute Gasteiger partial charge is 0.344 e. The summed E-state index contributed by atoms with van der Waals surface area (Å²) in [6.07, 6.45) is 0. The van der Waals surface area contributed by atoms with Crippen molar-refractivity contribution in [2.75, 3.05) is 14.2 Å². The highest BCUT2D eigenvalue weighted by Gasteiger charge is 2.15. The molecule has 0 aliphatic carbocycles. The first-order valence-corrected chi connectivity index (χ1v) is 7.23. The van der Waals surface area contributed by atoms with E-state index >= 15 is 0 Å². The third kappa shape index (κ3) is 1.95. The van der Waals surface area contributed by atoms with Crippen molar-refractivity contribution in [3.05, 3.63) is 59.0 Å². The van der Waals surface area contributed by atoms with Gasteiger partial charge in [-0.2, -0.15) is 0 Å². The summed E-state index contributed by atoms with van der Waals surface area (Å²) in [6, 6.07) is 15.2. The molecule has 0 spiro atoms. The second-order valence-electron chi connectivity index (χ2n) is 5.31. The van der Waals surface area contributed by atoms with Gasteiger partial charge in [-0.1, -0.05) is 30.3 Å². The molecule has 0 aliphatic heterocycles. The van der Waals surface area contributed by atoms with Crippen molar-refractivity contribution in [2.45, 2.75) is 0 Å². The topological polar surface area (TPSA) is 48.7 Å². The predicted molar refractivity (Wildman–Crippen MR) is 90.6 cm³/mol. The van der Waals surface area contributed by atoms with Gasteiger partial charge in [0.25, 0.3) is 0 Å². The molecule has 0 fully saturated rings. The van der Waals surface area contributed by atoms with Gasteiger partial charge in [-0.25, -0.2) is 4.79 Å². The summed E-state index contributed by atoms with van der Waals surface area (Å²) >= 11 is 0. The van der Waals surface area contributed by atoms with Crippen LogP contribution in [0, 0.1) is 0 Å². The number of rotatable bonds is 2. The highest BCUT2D eigenvalue weighted by atomic mass is 16.5. The fourth-order valence-electron chi connectivity index (χ4n) is 3.01. The summed E-state index contributed by atoms with van der Waals surface area (Å²) in [5, 5.41) is 3.96. The van der Waals surface area contributed by atoms with E-state index < -0.39 is 5.63 Å². The van der Waals surface area contributed by atoms with Crippen LogP contribution in [-0.2, 0) is 0 Å². The molecule has 0 radical (unpaired) electrons. The Hall–Kier alpha value is -3.01. The van der Waals surface area contributed by atoms with E-state index in [2.05, 4.69) is 0 Å². The molecular weight excluding hydrogens is 292 g/mol. The quantitative estimate of drug-likeness (QED) is 0.413. The van der Waals surface area contributed by atoms with Gasteiger partial charge in [0.15, 0.2) is 0 Å². The van der Waals surface area contributed by atoms with E-state index in [4.69, 9.17) is 13.9 Å². The van der Waals surface area contributed by atoms with Crippen LogP contribution in [0.2, 0.25) is 0 Å². The Labute approximate surface area is 131 Å². The first-order valence-electron chi connectivity index (χ1n) is 7.23. The first-order chi connectivity index (χ1) is 11.2. The van der Waals surface area contributed by atoms with Gasteiger partial charge in [0.1, 0.15) is 17.1 Å². The van der Waals surface area contributed by atoms with Crippen molar-refractivity contribution >= 4 is 32.5 Å². The molecule has 0 bridgehead atoms.